The Kier molecular flexibility index (Phi) is 5.49. The van der Waals surface area contributed by atoms with Crippen LogP contribution in [-0.2, 0) is 21.2 Å². The van der Waals surface area contributed by atoms with Gasteiger partial charge in [-0.1, -0.05) is 12.1 Å². The van der Waals surface area contributed by atoms with Crippen molar-refractivity contribution in [1.82, 2.24) is 14.7 Å². The van der Waals surface area contributed by atoms with Crippen LogP contribution in [0.15, 0.2) is 58.2 Å². The molecule has 2 atom stereocenters. The maximum absolute atomic E-state index is 13.2. The maximum atomic E-state index is 13.2. The lowest BCUT2D eigenvalue weighted by Crippen LogP contribution is -2.40. The Balaban J connectivity index is 1.56. The second-order valence-electron chi connectivity index (χ2n) is 7.31. The molecule has 0 aliphatic carbocycles. The van der Waals surface area contributed by atoms with Crippen molar-refractivity contribution < 1.29 is 17.6 Å². The third kappa shape index (κ3) is 4.39. The van der Waals surface area contributed by atoms with E-state index in [1.165, 1.54) is 0 Å². The molecular formula is C21H23N3O4S. The van der Waals surface area contributed by atoms with E-state index in [4.69, 9.17) is 9.15 Å². The summed E-state index contributed by atoms with van der Waals surface area (Å²) in [6.45, 7) is 4.41. The summed E-state index contributed by atoms with van der Waals surface area (Å²) in [4.78, 5) is 8.35. The van der Waals surface area contributed by atoms with Gasteiger partial charge in [-0.25, -0.2) is 18.1 Å². The molecule has 0 unspecified atom stereocenters. The highest BCUT2D eigenvalue weighted by Crippen LogP contribution is 2.27. The first-order valence-electron chi connectivity index (χ1n) is 9.45. The Hall–Kier alpha value is -2.55. The first kappa shape index (κ1) is 19.8. The molecule has 1 aliphatic heterocycles. The van der Waals surface area contributed by atoms with Gasteiger partial charge in [0.2, 0.25) is 10.0 Å². The van der Waals surface area contributed by atoms with E-state index in [0.717, 1.165) is 12.0 Å². The zero-order valence-corrected chi connectivity index (χ0v) is 17.1. The van der Waals surface area contributed by atoms with Crippen molar-refractivity contribution in [2.24, 2.45) is 5.92 Å². The van der Waals surface area contributed by atoms with Crippen molar-refractivity contribution in [3.05, 3.63) is 65.9 Å². The minimum atomic E-state index is -3.73. The molecule has 0 spiro atoms. The summed E-state index contributed by atoms with van der Waals surface area (Å²) < 4.78 is 40.3. The highest BCUT2D eigenvalue weighted by molar-refractivity contribution is 7.89. The third-order valence-corrected chi connectivity index (χ3v) is 6.77. The normalized spacial score (nSPS) is 19.5. The molecule has 7 nitrogen and oxygen atoms in total. The highest BCUT2D eigenvalue weighted by Gasteiger charge is 2.33. The number of aryl methyl sites for hydroxylation is 2. The number of nitrogens with zero attached hydrogens (tertiary/aromatic N) is 2. The number of pyridine rings is 1. The monoisotopic (exact) mass is 413 g/mol. The Morgan fingerprint density at radius 3 is 2.66 bits per heavy atom. The molecule has 4 rings (SSSR count). The molecule has 1 aliphatic rings. The van der Waals surface area contributed by atoms with Crippen molar-refractivity contribution in [3.63, 3.8) is 0 Å². The van der Waals surface area contributed by atoms with Crippen LogP contribution in [0.5, 0.6) is 0 Å². The first-order valence-corrected chi connectivity index (χ1v) is 10.9. The van der Waals surface area contributed by atoms with Gasteiger partial charge in [0, 0.05) is 30.8 Å². The van der Waals surface area contributed by atoms with Crippen molar-refractivity contribution >= 4 is 10.0 Å². The molecule has 8 heteroatoms. The minimum Gasteiger partial charge on any atom is -0.441 e. The number of hydrogen-bond acceptors (Lipinski definition) is 6. The van der Waals surface area contributed by atoms with E-state index < -0.39 is 10.0 Å². The van der Waals surface area contributed by atoms with Crippen molar-refractivity contribution in [1.29, 1.82) is 0 Å². The largest absolute Gasteiger partial charge is 0.441 e. The van der Waals surface area contributed by atoms with E-state index in [-0.39, 0.29) is 16.9 Å². The molecule has 0 bridgehead atoms. The fraction of sp³-hybridized carbons (Fsp3) is 0.333. The lowest BCUT2D eigenvalue weighted by molar-refractivity contribution is 0.183. The molecule has 0 saturated carbocycles. The number of rotatable bonds is 6. The summed E-state index contributed by atoms with van der Waals surface area (Å²) >= 11 is 0. The summed E-state index contributed by atoms with van der Waals surface area (Å²) in [5, 5.41) is 0. The van der Waals surface area contributed by atoms with Crippen LogP contribution in [0.2, 0.25) is 0 Å². The molecule has 1 fully saturated rings. The molecule has 152 valence electrons. The molecule has 3 heterocycles. The van der Waals surface area contributed by atoms with E-state index >= 15 is 0 Å². The van der Waals surface area contributed by atoms with Crippen LogP contribution in [0, 0.1) is 19.8 Å². The lowest BCUT2D eigenvalue weighted by Gasteiger charge is -2.20. The van der Waals surface area contributed by atoms with Crippen molar-refractivity contribution in [2.75, 3.05) is 13.2 Å². The number of hydrogen-bond donors (Lipinski definition) is 1. The summed E-state index contributed by atoms with van der Waals surface area (Å²) in [5.74, 6) is 1.14. The van der Waals surface area contributed by atoms with Gasteiger partial charge in [-0.15, -0.1) is 0 Å². The van der Waals surface area contributed by atoms with Gasteiger partial charge in [0.25, 0.3) is 0 Å². The van der Waals surface area contributed by atoms with Crippen molar-refractivity contribution in [2.45, 2.75) is 31.2 Å². The fourth-order valence-corrected chi connectivity index (χ4v) is 5.11. The number of nitrogens with one attached hydrogen (secondary N) is 1. The van der Waals surface area contributed by atoms with Gasteiger partial charge < -0.3 is 9.15 Å². The quantitative estimate of drug-likeness (QED) is 0.668. The second kappa shape index (κ2) is 8.06. The average molecular weight is 413 g/mol. The second-order valence-corrected chi connectivity index (χ2v) is 8.99. The average Bonchev–Trinajstić information content (AvgIpc) is 3.31. The molecular weight excluding hydrogens is 390 g/mol. The smallest absolute Gasteiger partial charge is 0.241 e. The predicted octanol–water partition coefficient (Wildman–Crippen LogP) is 2.89. The molecule has 1 N–H and O–H groups in total. The van der Waals surface area contributed by atoms with E-state index in [0.29, 0.717) is 36.0 Å². The molecule has 1 aromatic carbocycles. The summed E-state index contributed by atoms with van der Waals surface area (Å²) in [6.07, 6.45) is 5.81. The zero-order valence-electron chi connectivity index (χ0n) is 16.3. The minimum absolute atomic E-state index is 0.0626. The van der Waals surface area contributed by atoms with Crippen LogP contribution in [0.3, 0.4) is 0 Å². The van der Waals surface area contributed by atoms with Crippen LogP contribution in [0.25, 0.3) is 11.3 Å². The molecule has 0 radical (unpaired) electrons. The summed E-state index contributed by atoms with van der Waals surface area (Å²) in [7, 11) is -3.73. The predicted molar refractivity (Wildman–Crippen MR) is 108 cm³/mol. The lowest BCUT2D eigenvalue weighted by atomic mass is 9.96. The summed E-state index contributed by atoms with van der Waals surface area (Å²) in [5.41, 5.74) is 2.45. The van der Waals surface area contributed by atoms with Gasteiger partial charge in [0.05, 0.1) is 30.3 Å². The number of benzene rings is 1. The molecule has 29 heavy (non-hydrogen) atoms. The molecule has 2 aromatic heterocycles. The standard InChI is InChI=1S/C21H23N3O4S/c1-14-3-4-17(20-11-23-15(2)28-20)10-21(14)29(25,26)24-19-13-27-12-18(19)9-16-5-7-22-8-6-16/h3-8,10-11,18-19,24H,9,12-13H2,1-2H3/t18-,19+/m1/s1. The van der Waals surface area contributed by atoms with Gasteiger partial charge in [0.15, 0.2) is 11.7 Å². The van der Waals surface area contributed by atoms with Gasteiger partial charge in [-0.2, -0.15) is 0 Å². The SMILES string of the molecule is Cc1ncc(-c2ccc(C)c(S(=O)(=O)N[C@H]3COC[C@H]3Cc3ccncc3)c2)o1. The first-order chi connectivity index (χ1) is 13.9. The van der Waals surface area contributed by atoms with Gasteiger partial charge in [0.1, 0.15) is 0 Å². The van der Waals surface area contributed by atoms with Crippen molar-refractivity contribution in [3.8, 4) is 11.3 Å². The summed E-state index contributed by atoms with van der Waals surface area (Å²) in [6, 6.07) is 8.84. The van der Waals surface area contributed by atoms with Crippen LogP contribution in [0.1, 0.15) is 17.0 Å². The Morgan fingerprint density at radius 1 is 1.14 bits per heavy atom. The maximum Gasteiger partial charge on any atom is 0.241 e. The van der Waals surface area contributed by atoms with E-state index in [9.17, 15) is 8.42 Å². The third-order valence-electron chi connectivity index (χ3n) is 5.14. The highest BCUT2D eigenvalue weighted by atomic mass is 32.2. The fourth-order valence-electron chi connectivity index (χ4n) is 3.55. The number of ether oxygens (including phenoxy) is 1. The van der Waals surface area contributed by atoms with Crippen LogP contribution in [-0.4, -0.2) is 37.6 Å². The Bertz CT molecular complexity index is 1100. The number of sulfonamides is 1. The Labute approximate surface area is 170 Å². The number of aromatic nitrogens is 2. The van der Waals surface area contributed by atoms with Crippen LogP contribution < -0.4 is 4.72 Å². The molecule has 3 aromatic rings. The van der Waals surface area contributed by atoms with Gasteiger partial charge in [-0.3, -0.25) is 4.98 Å². The topological polar surface area (TPSA) is 94.3 Å². The van der Waals surface area contributed by atoms with Gasteiger partial charge >= 0.3 is 0 Å². The number of oxazole rings is 1. The Morgan fingerprint density at radius 2 is 1.93 bits per heavy atom. The van der Waals surface area contributed by atoms with Gasteiger partial charge in [-0.05, 0) is 42.7 Å². The van der Waals surface area contributed by atoms with E-state index in [1.807, 2.05) is 18.2 Å². The zero-order chi connectivity index (χ0) is 20.4. The van der Waals surface area contributed by atoms with Crippen LogP contribution >= 0.6 is 0 Å². The molecule has 0 amide bonds. The van der Waals surface area contributed by atoms with Crippen LogP contribution in [0.4, 0.5) is 0 Å². The van der Waals surface area contributed by atoms with E-state index in [1.54, 1.807) is 44.6 Å². The van der Waals surface area contributed by atoms with E-state index in [2.05, 4.69) is 14.7 Å². The molecule has 1 saturated heterocycles.